The van der Waals surface area contributed by atoms with E-state index in [0.29, 0.717) is 18.7 Å². The van der Waals surface area contributed by atoms with E-state index in [2.05, 4.69) is 4.90 Å². The number of phenolic OH excluding ortho intramolecular Hbond substituents is 1. The maximum Gasteiger partial charge on any atom is 0.160 e. The maximum atomic E-state index is 10.6. The summed E-state index contributed by atoms with van der Waals surface area (Å²) < 4.78 is 10.8. The molecule has 130 valence electrons. The van der Waals surface area contributed by atoms with Crippen LogP contribution in [0.25, 0.3) is 0 Å². The molecule has 2 heterocycles. The van der Waals surface area contributed by atoms with Crippen LogP contribution < -0.4 is 4.74 Å². The minimum atomic E-state index is -0.658. The van der Waals surface area contributed by atoms with Crippen LogP contribution in [0.5, 0.6) is 11.5 Å². The number of hydrogen-bond donors (Lipinski definition) is 3. The van der Waals surface area contributed by atoms with Crippen molar-refractivity contribution in [3.63, 3.8) is 0 Å². The standard InChI is InChI=1S/C18H23NO5/c1-23-16-7-12-11(6-14(16)21)15(22)9-19-4-3-10-5-13(20)17(24-2)8-18(10,12)19/h5-7,13,15,17,20-22H,3-4,8-9H2,1-2H3. The van der Waals surface area contributed by atoms with Gasteiger partial charge < -0.3 is 24.8 Å². The maximum absolute atomic E-state index is 10.6. The molecule has 3 N–H and O–H groups in total. The Hall–Kier alpha value is -1.60. The van der Waals surface area contributed by atoms with Gasteiger partial charge in [-0.2, -0.15) is 0 Å². The molecule has 1 aromatic rings. The highest BCUT2D eigenvalue weighted by Gasteiger charge is 2.55. The Labute approximate surface area is 140 Å². The summed E-state index contributed by atoms with van der Waals surface area (Å²) in [6.07, 6.45) is 1.78. The first kappa shape index (κ1) is 15.9. The Morgan fingerprint density at radius 3 is 2.75 bits per heavy atom. The van der Waals surface area contributed by atoms with Crippen LogP contribution >= 0.6 is 0 Å². The number of hydrogen-bond acceptors (Lipinski definition) is 6. The summed E-state index contributed by atoms with van der Waals surface area (Å²) in [6.45, 7) is 1.33. The molecule has 1 fully saturated rings. The van der Waals surface area contributed by atoms with Gasteiger partial charge in [-0.3, -0.25) is 4.90 Å². The second-order valence-corrected chi connectivity index (χ2v) is 6.84. The average molecular weight is 333 g/mol. The minimum Gasteiger partial charge on any atom is -0.504 e. The number of ether oxygens (including phenoxy) is 2. The molecule has 2 aliphatic heterocycles. The number of fused-ring (bicyclic) bond motifs is 1. The van der Waals surface area contributed by atoms with Crippen molar-refractivity contribution in [1.29, 1.82) is 0 Å². The van der Waals surface area contributed by atoms with E-state index in [1.165, 1.54) is 7.11 Å². The van der Waals surface area contributed by atoms with Crippen molar-refractivity contribution in [2.24, 2.45) is 0 Å². The summed E-state index contributed by atoms with van der Waals surface area (Å²) in [5.74, 6) is 0.423. The SMILES string of the molecule is COc1cc2c(cc1O)C(O)CN1CCC3=CC(O)C(OC)CC321. The molecule has 6 nitrogen and oxygen atoms in total. The lowest BCUT2D eigenvalue weighted by Gasteiger charge is -2.50. The van der Waals surface area contributed by atoms with Gasteiger partial charge in [-0.1, -0.05) is 6.08 Å². The topological polar surface area (TPSA) is 82.4 Å². The Kier molecular flexibility index (Phi) is 3.61. The third-order valence-corrected chi connectivity index (χ3v) is 5.82. The van der Waals surface area contributed by atoms with Crippen molar-refractivity contribution >= 4 is 0 Å². The van der Waals surface area contributed by atoms with Crippen LogP contribution in [0.2, 0.25) is 0 Å². The molecule has 0 amide bonds. The smallest absolute Gasteiger partial charge is 0.160 e. The van der Waals surface area contributed by atoms with Gasteiger partial charge in [-0.25, -0.2) is 0 Å². The quantitative estimate of drug-likeness (QED) is 0.702. The summed E-state index contributed by atoms with van der Waals surface area (Å²) in [7, 11) is 3.13. The van der Waals surface area contributed by atoms with Crippen molar-refractivity contribution in [3.8, 4) is 11.5 Å². The lowest BCUT2D eigenvalue weighted by Crippen LogP contribution is -2.53. The number of aliphatic hydroxyl groups is 2. The normalized spacial score (nSPS) is 35.0. The lowest BCUT2D eigenvalue weighted by atomic mass is 9.69. The van der Waals surface area contributed by atoms with E-state index in [9.17, 15) is 15.3 Å². The Morgan fingerprint density at radius 1 is 1.25 bits per heavy atom. The predicted molar refractivity (Wildman–Crippen MR) is 87.0 cm³/mol. The van der Waals surface area contributed by atoms with E-state index >= 15 is 0 Å². The first-order valence-corrected chi connectivity index (χ1v) is 8.27. The molecule has 6 heteroatoms. The molecule has 24 heavy (non-hydrogen) atoms. The highest BCUT2D eigenvalue weighted by molar-refractivity contribution is 5.55. The zero-order valence-electron chi connectivity index (χ0n) is 13.9. The molecule has 4 unspecified atom stereocenters. The van der Waals surface area contributed by atoms with Crippen molar-refractivity contribution in [3.05, 3.63) is 34.9 Å². The highest BCUT2D eigenvalue weighted by Crippen LogP contribution is 2.55. The number of phenols is 1. The fourth-order valence-electron chi connectivity index (χ4n) is 4.68. The predicted octanol–water partition coefficient (Wildman–Crippen LogP) is 1.05. The van der Waals surface area contributed by atoms with Gasteiger partial charge in [0.05, 0.1) is 31.0 Å². The fourth-order valence-corrected chi connectivity index (χ4v) is 4.68. The first-order chi connectivity index (χ1) is 11.5. The van der Waals surface area contributed by atoms with Crippen LogP contribution in [-0.4, -0.2) is 59.7 Å². The fraction of sp³-hybridized carbons (Fsp3) is 0.556. The van der Waals surface area contributed by atoms with Gasteiger partial charge in [-0.15, -0.1) is 0 Å². The van der Waals surface area contributed by atoms with E-state index in [4.69, 9.17) is 9.47 Å². The number of nitrogens with zero attached hydrogens (tertiary/aromatic N) is 1. The molecule has 1 spiro atoms. The molecule has 4 rings (SSSR count). The van der Waals surface area contributed by atoms with Crippen LogP contribution in [0.1, 0.15) is 30.1 Å². The molecule has 1 aliphatic carbocycles. The number of methoxy groups -OCH3 is 2. The van der Waals surface area contributed by atoms with Crippen LogP contribution in [0.3, 0.4) is 0 Å². The van der Waals surface area contributed by atoms with Gasteiger partial charge in [-0.05, 0) is 35.3 Å². The molecule has 0 bridgehead atoms. The Bertz CT molecular complexity index is 703. The molecular weight excluding hydrogens is 310 g/mol. The highest BCUT2D eigenvalue weighted by atomic mass is 16.5. The number of benzene rings is 1. The van der Waals surface area contributed by atoms with Crippen LogP contribution in [-0.2, 0) is 10.3 Å². The van der Waals surface area contributed by atoms with E-state index < -0.39 is 17.7 Å². The molecule has 4 atom stereocenters. The second-order valence-electron chi connectivity index (χ2n) is 6.84. The summed E-state index contributed by atoms with van der Waals surface area (Å²) in [6, 6.07) is 3.43. The van der Waals surface area contributed by atoms with Crippen molar-refractivity contribution in [1.82, 2.24) is 4.90 Å². The van der Waals surface area contributed by atoms with Crippen LogP contribution in [0.15, 0.2) is 23.8 Å². The van der Waals surface area contributed by atoms with Gasteiger partial charge >= 0.3 is 0 Å². The average Bonchev–Trinajstić information content (AvgIpc) is 2.92. The molecule has 1 aromatic carbocycles. The molecule has 0 radical (unpaired) electrons. The van der Waals surface area contributed by atoms with Crippen LogP contribution in [0.4, 0.5) is 0 Å². The van der Waals surface area contributed by atoms with E-state index in [0.717, 1.165) is 29.7 Å². The third kappa shape index (κ3) is 1.97. The third-order valence-electron chi connectivity index (χ3n) is 5.82. The molecule has 0 aromatic heterocycles. The first-order valence-electron chi connectivity index (χ1n) is 8.27. The molecule has 1 saturated heterocycles. The van der Waals surface area contributed by atoms with E-state index in [1.54, 1.807) is 13.2 Å². The lowest BCUT2D eigenvalue weighted by molar-refractivity contribution is -0.0453. The van der Waals surface area contributed by atoms with Gasteiger partial charge in [0.25, 0.3) is 0 Å². The molecule has 0 saturated carbocycles. The number of aliphatic hydroxyl groups excluding tert-OH is 2. The van der Waals surface area contributed by atoms with Crippen molar-refractivity contribution < 1.29 is 24.8 Å². The van der Waals surface area contributed by atoms with E-state index in [1.807, 2.05) is 12.1 Å². The Balaban J connectivity index is 1.95. The van der Waals surface area contributed by atoms with Gasteiger partial charge in [0.2, 0.25) is 0 Å². The largest absolute Gasteiger partial charge is 0.504 e. The molecule has 3 aliphatic rings. The van der Waals surface area contributed by atoms with Gasteiger partial charge in [0.1, 0.15) is 0 Å². The van der Waals surface area contributed by atoms with E-state index in [-0.39, 0.29) is 11.9 Å². The van der Waals surface area contributed by atoms with Gasteiger partial charge in [0.15, 0.2) is 11.5 Å². The Morgan fingerprint density at radius 2 is 2.04 bits per heavy atom. The van der Waals surface area contributed by atoms with Gasteiger partial charge in [0, 0.05) is 26.6 Å². The summed E-state index contributed by atoms with van der Waals surface area (Å²) >= 11 is 0. The van der Waals surface area contributed by atoms with Crippen molar-refractivity contribution in [2.75, 3.05) is 27.3 Å². The number of rotatable bonds is 2. The summed E-state index contributed by atoms with van der Waals surface area (Å²) in [5, 5.41) is 31.0. The second kappa shape index (κ2) is 5.46. The zero-order chi connectivity index (χ0) is 17.1. The zero-order valence-corrected chi connectivity index (χ0v) is 13.9. The summed E-state index contributed by atoms with van der Waals surface area (Å²) in [4.78, 5) is 2.26. The van der Waals surface area contributed by atoms with Crippen molar-refractivity contribution in [2.45, 2.75) is 36.7 Å². The minimum absolute atomic E-state index is 0.0304. The number of aromatic hydroxyl groups is 1. The monoisotopic (exact) mass is 333 g/mol. The summed E-state index contributed by atoms with van der Waals surface area (Å²) in [5.41, 5.74) is 2.41. The van der Waals surface area contributed by atoms with Crippen LogP contribution in [0, 0.1) is 0 Å². The molecular formula is C18H23NO5.